The normalized spacial score (nSPS) is 23.3. The molecule has 0 bridgehead atoms. The second kappa shape index (κ2) is 6.92. The van der Waals surface area contributed by atoms with Crippen LogP contribution in [0.15, 0.2) is 54.6 Å². The molecule has 5 heteroatoms. The molecule has 1 amide bonds. The third-order valence-electron chi connectivity index (χ3n) is 5.22. The highest BCUT2D eigenvalue weighted by molar-refractivity contribution is 5.95. The van der Waals surface area contributed by atoms with Gasteiger partial charge < -0.3 is 14.5 Å². The summed E-state index contributed by atoms with van der Waals surface area (Å²) >= 11 is 0. The minimum Gasteiger partial charge on any atom is -0.448 e. The van der Waals surface area contributed by atoms with Crippen LogP contribution in [-0.4, -0.2) is 54.5 Å². The highest BCUT2D eigenvalue weighted by Gasteiger charge is 2.38. The van der Waals surface area contributed by atoms with Crippen molar-refractivity contribution >= 4 is 11.9 Å². The van der Waals surface area contributed by atoms with Gasteiger partial charge in [-0.1, -0.05) is 48.5 Å². The second-order valence-corrected chi connectivity index (χ2v) is 6.98. The van der Waals surface area contributed by atoms with Crippen molar-refractivity contribution in [3.8, 4) is 0 Å². The van der Waals surface area contributed by atoms with Crippen molar-refractivity contribution in [1.29, 1.82) is 0 Å². The Morgan fingerprint density at radius 3 is 2.58 bits per heavy atom. The lowest BCUT2D eigenvalue weighted by Gasteiger charge is -2.42. The van der Waals surface area contributed by atoms with Crippen LogP contribution in [0.4, 0.5) is 0 Å². The number of nitrogens with zero attached hydrogens (tertiary/aromatic N) is 2. The summed E-state index contributed by atoms with van der Waals surface area (Å²) in [6.07, 6.45) is -0.304. The molecule has 0 N–H and O–H groups in total. The highest BCUT2D eigenvalue weighted by Crippen LogP contribution is 2.28. The molecule has 134 valence electrons. The fraction of sp³-hybridized carbons (Fsp3) is 0.333. The molecular weight excluding hydrogens is 328 g/mol. The van der Waals surface area contributed by atoms with E-state index in [1.807, 2.05) is 53.4 Å². The maximum Gasteiger partial charge on any atom is 0.339 e. The molecule has 0 aromatic heterocycles. The van der Waals surface area contributed by atoms with Crippen LogP contribution in [-0.2, 0) is 16.0 Å². The number of carbonyl (C=O) groups excluding carboxylic acids is 2. The molecule has 0 spiro atoms. The molecule has 4 rings (SSSR count). The first-order chi connectivity index (χ1) is 12.6. The number of amides is 1. The Morgan fingerprint density at radius 1 is 1.04 bits per heavy atom. The minimum atomic E-state index is -0.744. The molecule has 1 fully saturated rings. The molecule has 2 aromatic carbocycles. The van der Waals surface area contributed by atoms with Crippen LogP contribution >= 0.6 is 0 Å². The van der Waals surface area contributed by atoms with Gasteiger partial charge in [0.05, 0.1) is 11.6 Å². The summed E-state index contributed by atoms with van der Waals surface area (Å²) in [7, 11) is 2.06. The number of piperazine rings is 1. The van der Waals surface area contributed by atoms with E-state index in [1.165, 1.54) is 0 Å². The Hall–Kier alpha value is -2.66. The monoisotopic (exact) mass is 350 g/mol. The first-order valence-corrected chi connectivity index (χ1v) is 8.96. The van der Waals surface area contributed by atoms with Gasteiger partial charge >= 0.3 is 5.97 Å². The van der Waals surface area contributed by atoms with Crippen LogP contribution in [0.25, 0.3) is 0 Å². The van der Waals surface area contributed by atoms with Crippen molar-refractivity contribution in [2.75, 3.05) is 26.7 Å². The Morgan fingerprint density at radius 2 is 1.77 bits per heavy atom. The number of cyclic esters (lactones) is 1. The summed E-state index contributed by atoms with van der Waals surface area (Å²) in [5.74, 6) is -0.509. The maximum atomic E-state index is 13.2. The molecular formula is C21H22N2O3. The van der Waals surface area contributed by atoms with Crippen LogP contribution in [0.5, 0.6) is 0 Å². The number of hydrogen-bond acceptors (Lipinski definition) is 4. The van der Waals surface area contributed by atoms with E-state index in [0.29, 0.717) is 18.5 Å². The van der Waals surface area contributed by atoms with Crippen LogP contribution in [0.2, 0.25) is 0 Å². The van der Waals surface area contributed by atoms with Gasteiger partial charge in [-0.3, -0.25) is 4.79 Å². The van der Waals surface area contributed by atoms with E-state index in [9.17, 15) is 9.59 Å². The summed E-state index contributed by atoms with van der Waals surface area (Å²) in [5, 5.41) is 0. The molecule has 0 aliphatic carbocycles. The number of ether oxygens (including phenoxy) is 1. The van der Waals surface area contributed by atoms with E-state index in [4.69, 9.17) is 4.74 Å². The van der Waals surface area contributed by atoms with E-state index in [2.05, 4.69) is 11.9 Å². The standard InChI is InChI=1S/C21H22N2O3/c1-22-11-12-23(18(14-22)15-7-3-2-4-8-15)20(24)19-13-16-9-5-6-10-17(16)21(25)26-19/h2-10,18-19H,11-14H2,1H3. The summed E-state index contributed by atoms with van der Waals surface area (Å²) < 4.78 is 5.50. The minimum absolute atomic E-state index is 0.0293. The van der Waals surface area contributed by atoms with Crippen molar-refractivity contribution in [3.63, 3.8) is 0 Å². The number of likely N-dealkylation sites (N-methyl/N-ethyl adjacent to an activating group) is 1. The number of benzene rings is 2. The Labute approximate surface area is 153 Å². The first-order valence-electron chi connectivity index (χ1n) is 8.96. The average Bonchev–Trinajstić information content (AvgIpc) is 2.68. The molecule has 2 aliphatic heterocycles. The zero-order valence-corrected chi connectivity index (χ0v) is 14.8. The van der Waals surface area contributed by atoms with Gasteiger partial charge in [-0.2, -0.15) is 0 Å². The maximum absolute atomic E-state index is 13.2. The zero-order chi connectivity index (χ0) is 18.1. The van der Waals surface area contributed by atoms with Gasteiger partial charge in [0.15, 0.2) is 6.10 Å². The summed E-state index contributed by atoms with van der Waals surface area (Å²) in [6.45, 7) is 2.21. The van der Waals surface area contributed by atoms with Crippen molar-refractivity contribution in [2.24, 2.45) is 0 Å². The molecule has 2 aromatic rings. The van der Waals surface area contributed by atoms with Crippen LogP contribution in [0, 0.1) is 0 Å². The Kier molecular flexibility index (Phi) is 4.47. The van der Waals surface area contributed by atoms with Gasteiger partial charge in [0.2, 0.25) is 0 Å². The first kappa shape index (κ1) is 16.8. The van der Waals surface area contributed by atoms with Crippen LogP contribution in [0.1, 0.15) is 27.5 Å². The van der Waals surface area contributed by atoms with Gasteiger partial charge in [-0.25, -0.2) is 4.79 Å². The SMILES string of the molecule is CN1CCN(C(=O)C2Cc3ccccc3C(=O)O2)C(c2ccccc2)C1. The lowest BCUT2D eigenvalue weighted by molar-refractivity contribution is -0.146. The fourth-order valence-electron chi connectivity index (χ4n) is 3.80. The van der Waals surface area contributed by atoms with Crippen molar-refractivity contribution in [3.05, 3.63) is 71.3 Å². The quantitative estimate of drug-likeness (QED) is 0.780. The molecule has 0 radical (unpaired) electrons. The Bertz CT molecular complexity index is 821. The van der Waals surface area contributed by atoms with Gasteiger partial charge in [0, 0.05) is 26.1 Å². The summed E-state index contributed by atoms with van der Waals surface area (Å²) in [4.78, 5) is 29.6. The van der Waals surface area contributed by atoms with E-state index in [1.54, 1.807) is 6.07 Å². The summed E-state index contributed by atoms with van der Waals surface area (Å²) in [5.41, 5.74) is 2.55. The van der Waals surface area contributed by atoms with Crippen molar-refractivity contribution in [2.45, 2.75) is 18.6 Å². The predicted molar refractivity (Wildman–Crippen MR) is 97.7 cm³/mol. The zero-order valence-electron chi connectivity index (χ0n) is 14.8. The third kappa shape index (κ3) is 3.10. The topological polar surface area (TPSA) is 49.9 Å². The number of fused-ring (bicyclic) bond motifs is 1. The molecule has 0 saturated carbocycles. The van der Waals surface area contributed by atoms with Crippen molar-refractivity contribution in [1.82, 2.24) is 9.80 Å². The van der Waals surface area contributed by atoms with E-state index in [-0.39, 0.29) is 11.9 Å². The summed E-state index contributed by atoms with van der Waals surface area (Å²) in [6, 6.07) is 17.4. The van der Waals surface area contributed by atoms with Gasteiger partial charge in [0.25, 0.3) is 5.91 Å². The van der Waals surface area contributed by atoms with E-state index in [0.717, 1.165) is 24.2 Å². The van der Waals surface area contributed by atoms with Crippen LogP contribution in [0.3, 0.4) is 0 Å². The third-order valence-corrected chi connectivity index (χ3v) is 5.22. The molecule has 2 unspecified atom stereocenters. The average molecular weight is 350 g/mol. The molecule has 2 heterocycles. The number of hydrogen-bond donors (Lipinski definition) is 0. The van der Waals surface area contributed by atoms with Crippen LogP contribution < -0.4 is 0 Å². The highest BCUT2D eigenvalue weighted by atomic mass is 16.5. The number of rotatable bonds is 2. The van der Waals surface area contributed by atoms with Crippen molar-refractivity contribution < 1.29 is 14.3 Å². The molecule has 1 saturated heterocycles. The molecule has 2 aliphatic rings. The van der Waals surface area contributed by atoms with E-state index < -0.39 is 12.1 Å². The van der Waals surface area contributed by atoms with Gasteiger partial charge in [0.1, 0.15) is 0 Å². The number of esters is 1. The van der Waals surface area contributed by atoms with E-state index >= 15 is 0 Å². The predicted octanol–water partition coefficient (Wildman–Crippen LogP) is 2.28. The fourth-order valence-corrected chi connectivity index (χ4v) is 3.80. The van der Waals surface area contributed by atoms with Gasteiger partial charge in [-0.05, 0) is 24.2 Å². The second-order valence-electron chi connectivity index (χ2n) is 6.98. The smallest absolute Gasteiger partial charge is 0.339 e. The molecule has 5 nitrogen and oxygen atoms in total. The Balaban J connectivity index is 1.59. The molecule has 2 atom stereocenters. The number of carbonyl (C=O) groups is 2. The lowest BCUT2D eigenvalue weighted by Crippen LogP contribution is -2.53. The molecule has 26 heavy (non-hydrogen) atoms. The largest absolute Gasteiger partial charge is 0.448 e. The van der Waals surface area contributed by atoms with Gasteiger partial charge in [-0.15, -0.1) is 0 Å². The lowest BCUT2D eigenvalue weighted by atomic mass is 9.96.